The van der Waals surface area contributed by atoms with Gasteiger partial charge in [-0.15, -0.1) is 0 Å². The maximum absolute atomic E-state index is 6.16. The minimum atomic E-state index is 0.499. The van der Waals surface area contributed by atoms with E-state index in [2.05, 4.69) is 11.4 Å². The molecule has 0 radical (unpaired) electrons. The second kappa shape index (κ2) is 9.16. The number of ether oxygens (including phenoxy) is 2. The zero-order chi connectivity index (χ0) is 18.2. The molecule has 3 rings (SSSR count). The smallest absolute Gasteiger partial charge is 0.122 e. The molecule has 0 saturated heterocycles. The van der Waals surface area contributed by atoms with Crippen molar-refractivity contribution in [3.8, 4) is 11.5 Å². The average molecular weight is 368 g/mol. The summed E-state index contributed by atoms with van der Waals surface area (Å²) in [6.45, 7) is 3.71. The number of anilines is 1. The number of hydrogen-bond acceptors (Lipinski definition) is 3. The molecule has 0 aliphatic heterocycles. The van der Waals surface area contributed by atoms with Crippen LogP contribution in [0.1, 0.15) is 11.1 Å². The van der Waals surface area contributed by atoms with Gasteiger partial charge in [0.25, 0.3) is 0 Å². The van der Waals surface area contributed by atoms with E-state index in [4.69, 9.17) is 21.1 Å². The Morgan fingerprint density at radius 3 is 2.31 bits per heavy atom. The highest BCUT2D eigenvalue weighted by Gasteiger charge is 2.01. The van der Waals surface area contributed by atoms with Crippen molar-refractivity contribution in [2.75, 3.05) is 18.5 Å². The molecule has 0 atom stereocenters. The summed E-state index contributed by atoms with van der Waals surface area (Å²) in [7, 11) is 0. The van der Waals surface area contributed by atoms with Crippen LogP contribution >= 0.6 is 11.6 Å². The first kappa shape index (κ1) is 18.2. The summed E-state index contributed by atoms with van der Waals surface area (Å²) in [5.41, 5.74) is 3.22. The lowest BCUT2D eigenvalue weighted by atomic mass is 10.2. The van der Waals surface area contributed by atoms with Gasteiger partial charge < -0.3 is 14.8 Å². The van der Waals surface area contributed by atoms with Gasteiger partial charge in [0.2, 0.25) is 0 Å². The monoisotopic (exact) mass is 367 g/mol. The van der Waals surface area contributed by atoms with Crippen LogP contribution in [-0.4, -0.2) is 13.2 Å². The van der Waals surface area contributed by atoms with E-state index in [-0.39, 0.29) is 0 Å². The maximum atomic E-state index is 6.16. The van der Waals surface area contributed by atoms with Gasteiger partial charge in [0.1, 0.15) is 24.7 Å². The molecular formula is C22H22ClNO2. The summed E-state index contributed by atoms with van der Waals surface area (Å²) in [4.78, 5) is 0. The molecule has 0 amide bonds. The lowest BCUT2D eigenvalue weighted by molar-refractivity contribution is 0.217. The van der Waals surface area contributed by atoms with Gasteiger partial charge in [-0.25, -0.2) is 0 Å². The van der Waals surface area contributed by atoms with Crippen molar-refractivity contribution in [3.05, 3.63) is 88.9 Å². The van der Waals surface area contributed by atoms with Crippen LogP contribution in [0.25, 0.3) is 0 Å². The van der Waals surface area contributed by atoms with Crippen LogP contribution in [0.15, 0.2) is 72.8 Å². The summed E-state index contributed by atoms with van der Waals surface area (Å²) >= 11 is 6.16. The SMILES string of the molecule is Cc1ccc(NCc2cccc(OCCOc3ccccc3)c2)cc1Cl. The Balaban J connectivity index is 1.47. The fourth-order valence-corrected chi connectivity index (χ4v) is 2.67. The van der Waals surface area contributed by atoms with Crippen molar-refractivity contribution in [3.63, 3.8) is 0 Å². The summed E-state index contributed by atoms with van der Waals surface area (Å²) in [5, 5.41) is 4.15. The van der Waals surface area contributed by atoms with Crippen molar-refractivity contribution in [1.82, 2.24) is 0 Å². The molecule has 26 heavy (non-hydrogen) atoms. The van der Waals surface area contributed by atoms with Gasteiger partial charge in [-0.2, -0.15) is 0 Å². The molecule has 0 aliphatic rings. The molecule has 0 bridgehead atoms. The Kier molecular flexibility index (Phi) is 6.39. The Morgan fingerprint density at radius 1 is 0.808 bits per heavy atom. The third-order valence-corrected chi connectivity index (χ3v) is 4.34. The second-order valence-corrected chi connectivity index (χ2v) is 6.38. The normalized spacial score (nSPS) is 10.4. The minimum absolute atomic E-state index is 0.499. The predicted molar refractivity (Wildman–Crippen MR) is 107 cm³/mol. The summed E-state index contributed by atoms with van der Waals surface area (Å²) in [6.07, 6.45) is 0. The van der Waals surface area contributed by atoms with Crippen molar-refractivity contribution >= 4 is 17.3 Å². The highest BCUT2D eigenvalue weighted by molar-refractivity contribution is 6.31. The van der Waals surface area contributed by atoms with Crippen molar-refractivity contribution in [1.29, 1.82) is 0 Å². The van der Waals surface area contributed by atoms with Crippen LogP contribution < -0.4 is 14.8 Å². The fourth-order valence-electron chi connectivity index (χ4n) is 2.49. The number of rotatable bonds is 8. The highest BCUT2D eigenvalue weighted by Crippen LogP contribution is 2.21. The highest BCUT2D eigenvalue weighted by atomic mass is 35.5. The summed E-state index contributed by atoms with van der Waals surface area (Å²) in [5.74, 6) is 1.69. The molecule has 134 valence electrons. The molecule has 0 heterocycles. The molecule has 3 nitrogen and oxygen atoms in total. The van der Waals surface area contributed by atoms with E-state index in [1.54, 1.807) is 0 Å². The molecule has 0 aliphatic carbocycles. The van der Waals surface area contributed by atoms with Crippen LogP contribution in [0.4, 0.5) is 5.69 Å². The molecular weight excluding hydrogens is 346 g/mol. The zero-order valence-electron chi connectivity index (χ0n) is 14.7. The molecule has 0 unspecified atom stereocenters. The number of para-hydroxylation sites is 1. The predicted octanol–water partition coefficient (Wildman–Crippen LogP) is 5.72. The van der Waals surface area contributed by atoms with Crippen LogP contribution in [-0.2, 0) is 6.54 Å². The van der Waals surface area contributed by atoms with Gasteiger partial charge in [-0.05, 0) is 54.4 Å². The van der Waals surface area contributed by atoms with E-state index in [1.165, 1.54) is 0 Å². The van der Waals surface area contributed by atoms with Gasteiger partial charge in [0.05, 0.1) is 0 Å². The van der Waals surface area contributed by atoms with E-state index in [0.717, 1.165) is 33.3 Å². The number of aryl methyl sites for hydroxylation is 1. The van der Waals surface area contributed by atoms with E-state index in [0.29, 0.717) is 19.8 Å². The van der Waals surface area contributed by atoms with Crippen LogP contribution in [0, 0.1) is 6.92 Å². The first-order chi connectivity index (χ1) is 12.7. The molecule has 0 spiro atoms. The van der Waals surface area contributed by atoms with E-state index in [1.807, 2.05) is 73.7 Å². The van der Waals surface area contributed by atoms with E-state index < -0.39 is 0 Å². The first-order valence-electron chi connectivity index (χ1n) is 8.60. The third-order valence-electron chi connectivity index (χ3n) is 3.93. The molecule has 1 N–H and O–H groups in total. The topological polar surface area (TPSA) is 30.5 Å². The number of nitrogens with one attached hydrogen (secondary N) is 1. The lowest BCUT2D eigenvalue weighted by Gasteiger charge is -2.11. The minimum Gasteiger partial charge on any atom is -0.490 e. The largest absolute Gasteiger partial charge is 0.490 e. The standard InChI is InChI=1S/C22H22ClNO2/c1-17-10-11-19(15-22(17)23)24-16-18-6-5-9-21(14-18)26-13-12-25-20-7-3-2-4-8-20/h2-11,14-15,24H,12-13,16H2,1H3. The van der Waals surface area contributed by atoms with Gasteiger partial charge in [0, 0.05) is 17.3 Å². The molecule has 0 aromatic heterocycles. The van der Waals surface area contributed by atoms with Crippen molar-refractivity contribution in [2.24, 2.45) is 0 Å². The van der Waals surface area contributed by atoms with Crippen molar-refractivity contribution in [2.45, 2.75) is 13.5 Å². The quantitative estimate of drug-likeness (QED) is 0.516. The van der Waals surface area contributed by atoms with Gasteiger partial charge in [-0.3, -0.25) is 0 Å². The van der Waals surface area contributed by atoms with E-state index >= 15 is 0 Å². The summed E-state index contributed by atoms with van der Waals surface area (Å²) in [6, 6.07) is 23.8. The Labute approximate surface area is 159 Å². The lowest BCUT2D eigenvalue weighted by Crippen LogP contribution is -2.09. The zero-order valence-corrected chi connectivity index (χ0v) is 15.5. The molecule has 3 aromatic carbocycles. The average Bonchev–Trinajstić information content (AvgIpc) is 2.67. The molecule has 0 fully saturated rings. The van der Waals surface area contributed by atoms with Gasteiger partial charge in [-0.1, -0.05) is 48.0 Å². The summed E-state index contributed by atoms with van der Waals surface area (Å²) < 4.78 is 11.4. The number of hydrogen-bond donors (Lipinski definition) is 1. The Hall–Kier alpha value is -2.65. The van der Waals surface area contributed by atoms with Crippen molar-refractivity contribution < 1.29 is 9.47 Å². The Morgan fingerprint density at radius 2 is 1.54 bits per heavy atom. The Bertz CT molecular complexity index is 837. The number of halogens is 1. The maximum Gasteiger partial charge on any atom is 0.122 e. The first-order valence-corrected chi connectivity index (χ1v) is 8.98. The van der Waals surface area contributed by atoms with Crippen LogP contribution in [0.3, 0.4) is 0 Å². The van der Waals surface area contributed by atoms with Crippen LogP contribution in [0.2, 0.25) is 5.02 Å². The van der Waals surface area contributed by atoms with Gasteiger partial charge in [0.15, 0.2) is 0 Å². The molecule has 4 heteroatoms. The van der Waals surface area contributed by atoms with E-state index in [9.17, 15) is 0 Å². The number of benzene rings is 3. The third kappa shape index (κ3) is 5.43. The van der Waals surface area contributed by atoms with Crippen LogP contribution in [0.5, 0.6) is 11.5 Å². The molecule has 0 saturated carbocycles. The van der Waals surface area contributed by atoms with Gasteiger partial charge >= 0.3 is 0 Å². The fraction of sp³-hybridized carbons (Fsp3) is 0.182. The second-order valence-electron chi connectivity index (χ2n) is 5.97. The molecule has 3 aromatic rings.